The number of nitrogens with one attached hydrogen (secondary N) is 1. The lowest BCUT2D eigenvalue weighted by Crippen LogP contribution is -2.30. The van der Waals surface area contributed by atoms with Gasteiger partial charge in [0.25, 0.3) is 10.8 Å². The van der Waals surface area contributed by atoms with Crippen molar-refractivity contribution in [3.8, 4) is 0 Å². The third-order valence-electron chi connectivity index (χ3n) is 4.50. The van der Waals surface area contributed by atoms with Crippen molar-refractivity contribution in [2.24, 2.45) is 0 Å². The molecule has 1 atom stereocenters. The Morgan fingerprint density at radius 2 is 1.78 bits per heavy atom. The largest absolute Gasteiger partial charge is 0.304 e. The second-order valence-electron chi connectivity index (χ2n) is 6.33. The first-order valence-electron chi connectivity index (χ1n) is 8.38. The zero-order chi connectivity index (χ0) is 19.0. The Balaban J connectivity index is 1.78. The Bertz CT molecular complexity index is 1110. The summed E-state index contributed by atoms with van der Waals surface area (Å²) in [6.07, 6.45) is 0.215. The number of nitrogens with zero attached hydrogens (tertiary/aromatic N) is 1. The summed E-state index contributed by atoms with van der Waals surface area (Å²) in [6.45, 7) is 0.396. The zero-order valence-corrected chi connectivity index (χ0v) is 15.7. The Labute approximate surface area is 164 Å². The van der Waals surface area contributed by atoms with Crippen molar-refractivity contribution < 1.29 is 9.59 Å². The van der Waals surface area contributed by atoms with E-state index in [2.05, 4.69) is 5.32 Å². The summed E-state index contributed by atoms with van der Waals surface area (Å²) in [4.78, 5) is 36.5. The number of para-hydroxylation sites is 1. The second-order valence-corrected chi connectivity index (χ2v) is 7.95. The average molecular weight is 399 g/mol. The van der Waals surface area contributed by atoms with Crippen molar-refractivity contribution in [3.63, 3.8) is 0 Å². The monoisotopic (exact) mass is 398 g/mol. The van der Waals surface area contributed by atoms with E-state index in [1.807, 2.05) is 42.5 Å². The van der Waals surface area contributed by atoms with Gasteiger partial charge < -0.3 is 4.57 Å². The number of amides is 2. The van der Waals surface area contributed by atoms with Crippen LogP contribution >= 0.6 is 23.4 Å². The van der Waals surface area contributed by atoms with Crippen molar-refractivity contribution in [2.75, 3.05) is 0 Å². The molecule has 0 spiro atoms. The number of carbonyl (C=O) groups is 2. The number of hydrogen-bond acceptors (Lipinski definition) is 4. The van der Waals surface area contributed by atoms with E-state index < -0.39 is 5.25 Å². The Morgan fingerprint density at radius 3 is 2.48 bits per heavy atom. The number of imide groups is 1. The molecule has 0 aliphatic carbocycles. The maximum absolute atomic E-state index is 13.1. The van der Waals surface area contributed by atoms with Gasteiger partial charge in [0.15, 0.2) is 0 Å². The summed E-state index contributed by atoms with van der Waals surface area (Å²) in [5, 5.41) is 2.88. The van der Waals surface area contributed by atoms with Crippen molar-refractivity contribution in [1.29, 1.82) is 0 Å². The Kier molecular flexibility index (Phi) is 4.76. The molecule has 4 rings (SSSR count). The first-order chi connectivity index (χ1) is 13.0. The second kappa shape index (κ2) is 7.21. The predicted molar refractivity (Wildman–Crippen MR) is 107 cm³/mol. The number of hydrogen-bond donors (Lipinski definition) is 1. The molecule has 0 saturated carbocycles. The molecule has 136 valence electrons. The molecule has 7 heteroatoms. The van der Waals surface area contributed by atoms with Crippen molar-refractivity contribution in [2.45, 2.75) is 18.2 Å². The van der Waals surface area contributed by atoms with E-state index in [-0.39, 0.29) is 23.1 Å². The van der Waals surface area contributed by atoms with Gasteiger partial charge in [0.2, 0.25) is 5.91 Å². The molecule has 1 aliphatic rings. The molecular formula is C20H15ClN2O3S. The van der Waals surface area contributed by atoms with E-state index in [9.17, 15) is 14.4 Å². The topological polar surface area (TPSA) is 68.2 Å². The van der Waals surface area contributed by atoms with Crippen molar-refractivity contribution >= 4 is 45.4 Å². The number of aromatic nitrogens is 1. The summed E-state index contributed by atoms with van der Waals surface area (Å²) < 4.78 is 1.70. The highest BCUT2D eigenvalue weighted by atomic mass is 35.5. The van der Waals surface area contributed by atoms with E-state index in [1.165, 1.54) is 0 Å². The van der Waals surface area contributed by atoms with Gasteiger partial charge in [-0.3, -0.25) is 19.7 Å². The van der Waals surface area contributed by atoms with Crippen LogP contribution in [0.3, 0.4) is 0 Å². The van der Waals surface area contributed by atoms with Gasteiger partial charge in [-0.1, -0.05) is 53.7 Å². The first-order valence-corrected chi connectivity index (χ1v) is 9.64. The minimum absolute atomic E-state index is 0.156. The van der Waals surface area contributed by atoms with E-state index in [1.54, 1.807) is 16.7 Å². The van der Waals surface area contributed by atoms with Crippen LogP contribution in [0, 0.1) is 0 Å². The van der Waals surface area contributed by atoms with Gasteiger partial charge in [-0.05, 0) is 41.6 Å². The fourth-order valence-electron chi connectivity index (χ4n) is 3.19. The van der Waals surface area contributed by atoms with Gasteiger partial charge in [-0.25, -0.2) is 0 Å². The molecule has 2 aromatic carbocycles. The lowest BCUT2D eigenvalue weighted by atomic mass is 10.1. The molecule has 3 aromatic rings. The molecule has 1 saturated heterocycles. The van der Waals surface area contributed by atoms with Crippen molar-refractivity contribution in [1.82, 2.24) is 9.88 Å². The quantitative estimate of drug-likeness (QED) is 0.729. The number of pyridine rings is 1. The maximum atomic E-state index is 13.1. The van der Waals surface area contributed by atoms with Crippen LogP contribution in [0.4, 0.5) is 4.79 Å². The summed E-state index contributed by atoms with van der Waals surface area (Å²) >= 11 is 6.88. The summed E-state index contributed by atoms with van der Waals surface area (Å²) in [5.74, 6) is -0.346. The third kappa shape index (κ3) is 3.63. The normalized spacial score (nSPS) is 16.7. The summed E-state index contributed by atoms with van der Waals surface area (Å²) in [7, 11) is 0. The average Bonchev–Trinajstić information content (AvgIpc) is 2.97. The maximum Gasteiger partial charge on any atom is 0.286 e. The molecular weight excluding hydrogens is 384 g/mol. The van der Waals surface area contributed by atoms with Crippen LogP contribution in [0.15, 0.2) is 59.4 Å². The standard InChI is InChI=1S/C20H15ClN2O3S/c21-15-7-5-12(6-8-15)11-23-16-4-2-1-3-13(16)9-14(19(23)25)10-17-18(24)22-20(26)27-17/h1-9,17H,10-11H2,(H,22,24,26). The van der Waals surface area contributed by atoms with Crippen LogP contribution < -0.4 is 10.9 Å². The molecule has 0 radical (unpaired) electrons. The SMILES string of the molecule is O=C1NC(=O)C(Cc2cc3ccccc3n(Cc3ccc(Cl)cc3)c2=O)S1. The molecule has 1 aliphatic heterocycles. The number of rotatable bonds is 4. The van der Waals surface area contributed by atoms with Gasteiger partial charge >= 0.3 is 0 Å². The molecule has 27 heavy (non-hydrogen) atoms. The van der Waals surface area contributed by atoms with Gasteiger partial charge in [0, 0.05) is 10.6 Å². The van der Waals surface area contributed by atoms with Crippen LogP contribution in [0.1, 0.15) is 11.1 Å². The Morgan fingerprint density at radius 1 is 1.04 bits per heavy atom. The van der Waals surface area contributed by atoms with Gasteiger partial charge in [-0.15, -0.1) is 0 Å². The number of carbonyl (C=O) groups excluding carboxylic acids is 2. The molecule has 0 bridgehead atoms. The van der Waals surface area contributed by atoms with Crippen LogP contribution in [0.5, 0.6) is 0 Å². The van der Waals surface area contributed by atoms with Crippen LogP contribution in [0.2, 0.25) is 5.02 Å². The molecule has 1 N–H and O–H groups in total. The van der Waals surface area contributed by atoms with E-state index in [0.29, 0.717) is 17.1 Å². The Hall–Kier alpha value is -2.57. The molecule has 2 amide bonds. The lowest BCUT2D eigenvalue weighted by Gasteiger charge is -2.14. The smallest absolute Gasteiger partial charge is 0.286 e. The van der Waals surface area contributed by atoms with Gasteiger partial charge in [0.1, 0.15) is 0 Å². The van der Waals surface area contributed by atoms with E-state index >= 15 is 0 Å². The minimum atomic E-state index is -0.574. The van der Waals surface area contributed by atoms with E-state index in [4.69, 9.17) is 11.6 Å². The van der Waals surface area contributed by atoms with Gasteiger partial charge in [-0.2, -0.15) is 0 Å². The first kappa shape index (κ1) is 17.8. The fourth-order valence-corrected chi connectivity index (χ4v) is 4.16. The minimum Gasteiger partial charge on any atom is -0.304 e. The van der Waals surface area contributed by atoms with E-state index in [0.717, 1.165) is 28.2 Å². The molecule has 2 heterocycles. The van der Waals surface area contributed by atoms with Gasteiger partial charge in [0.05, 0.1) is 17.3 Å². The van der Waals surface area contributed by atoms with Crippen LogP contribution in [0.25, 0.3) is 10.9 Å². The summed E-state index contributed by atoms with van der Waals surface area (Å²) in [5.41, 5.74) is 2.13. The number of thioether (sulfide) groups is 1. The highest BCUT2D eigenvalue weighted by molar-refractivity contribution is 8.15. The predicted octanol–water partition coefficient (Wildman–Crippen LogP) is 3.60. The van der Waals surface area contributed by atoms with Crippen LogP contribution in [-0.2, 0) is 17.8 Å². The highest BCUT2D eigenvalue weighted by Crippen LogP contribution is 2.23. The molecule has 1 fully saturated rings. The number of benzene rings is 2. The number of halogens is 1. The zero-order valence-electron chi connectivity index (χ0n) is 14.1. The van der Waals surface area contributed by atoms with Crippen LogP contribution in [-0.4, -0.2) is 21.0 Å². The highest BCUT2D eigenvalue weighted by Gasteiger charge is 2.32. The third-order valence-corrected chi connectivity index (χ3v) is 5.74. The number of fused-ring (bicyclic) bond motifs is 1. The molecule has 1 unspecified atom stereocenters. The van der Waals surface area contributed by atoms with Crippen molar-refractivity contribution in [3.05, 3.63) is 81.1 Å². The fraction of sp³-hybridized carbons (Fsp3) is 0.150. The summed E-state index contributed by atoms with van der Waals surface area (Å²) in [6, 6.07) is 16.8. The molecule has 5 nitrogen and oxygen atoms in total. The molecule has 1 aromatic heterocycles. The lowest BCUT2D eigenvalue weighted by molar-refractivity contribution is -0.118.